The second kappa shape index (κ2) is 7.75. The minimum Gasteiger partial charge on any atom is -0.480 e. The Morgan fingerprint density at radius 1 is 1.00 bits per heavy atom. The van der Waals surface area contributed by atoms with Crippen LogP contribution in [-0.2, 0) is 9.53 Å². The summed E-state index contributed by atoms with van der Waals surface area (Å²) in [5.41, 5.74) is 4.89. The van der Waals surface area contributed by atoms with Crippen LogP contribution in [0.2, 0.25) is 0 Å². The van der Waals surface area contributed by atoms with E-state index in [1.165, 1.54) is 19.3 Å². The number of hydrogen-bond acceptors (Lipinski definition) is 4. The number of benzene rings is 2. The van der Waals surface area contributed by atoms with Gasteiger partial charge >= 0.3 is 12.1 Å². The molecule has 1 N–H and O–H groups in total. The molecule has 4 rings (SSSR count). The first-order valence-electron chi connectivity index (χ1n) is 9.35. The molecule has 1 aliphatic carbocycles. The van der Waals surface area contributed by atoms with E-state index in [2.05, 4.69) is 17.1 Å². The van der Waals surface area contributed by atoms with Crippen LogP contribution in [-0.4, -0.2) is 34.8 Å². The average molecular weight is 388 g/mol. The molecule has 0 radical (unpaired) electrons. The maximum Gasteiger partial charge on any atom is 0.415 e. The van der Waals surface area contributed by atoms with Crippen LogP contribution >= 0.6 is 0 Å². The number of ether oxygens (including phenoxy) is 1. The van der Waals surface area contributed by atoms with Gasteiger partial charge in [-0.15, -0.1) is 0 Å². The van der Waals surface area contributed by atoms with Crippen LogP contribution in [0.25, 0.3) is 11.1 Å². The van der Waals surface area contributed by atoms with Crippen molar-refractivity contribution in [3.05, 3.63) is 84.2 Å². The first-order valence-corrected chi connectivity index (χ1v) is 9.35. The zero-order valence-electron chi connectivity index (χ0n) is 15.9. The maximum absolute atomic E-state index is 12.9. The number of rotatable bonds is 5. The van der Waals surface area contributed by atoms with E-state index in [9.17, 15) is 14.7 Å². The average Bonchev–Trinajstić information content (AvgIpc) is 3.07. The molecule has 0 fully saturated rings. The summed E-state index contributed by atoms with van der Waals surface area (Å²) in [5, 5.41) is 9.44. The van der Waals surface area contributed by atoms with Crippen molar-refractivity contribution in [2.75, 3.05) is 11.5 Å². The molecule has 1 amide bonds. The second-order valence-electron chi connectivity index (χ2n) is 6.89. The third kappa shape index (κ3) is 3.45. The van der Waals surface area contributed by atoms with E-state index < -0.39 is 18.1 Å². The monoisotopic (exact) mass is 388 g/mol. The van der Waals surface area contributed by atoms with Gasteiger partial charge in [-0.25, -0.2) is 9.59 Å². The van der Waals surface area contributed by atoms with Gasteiger partial charge in [0, 0.05) is 18.3 Å². The minimum absolute atomic E-state index is 0.0919. The topological polar surface area (TPSA) is 79.7 Å². The Morgan fingerprint density at radius 2 is 1.55 bits per heavy atom. The third-order valence-corrected chi connectivity index (χ3v) is 5.22. The SMILES string of the molecule is C[C@@H](C(=O)O)N(C(=O)OCC1c2ccccc2-c2ccccc21)c1ccncc1. The van der Waals surface area contributed by atoms with Crippen molar-refractivity contribution < 1.29 is 19.4 Å². The molecular formula is C23H20N2O4. The largest absolute Gasteiger partial charge is 0.480 e. The zero-order chi connectivity index (χ0) is 20.4. The van der Waals surface area contributed by atoms with Gasteiger partial charge in [-0.1, -0.05) is 48.5 Å². The van der Waals surface area contributed by atoms with E-state index >= 15 is 0 Å². The van der Waals surface area contributed by atoms with E-state index in [4.69, 9.17) is 4.74 Å². The smallest absolute Gasteiger partial charge is 0.415 e. The molecule has 0 unspecified atom stereocenters. The number of carbonyl (C=O) groups is 2. The van der Waals surface area contributed by atoms with Gasteiger partial charge in [0.05, 0.1) is 5.69 Å². The number of pyridine rings is 1. The summed E-state index contributed by atoms with van der Waals surface area (Å²) >= 11 is 0. The zero-order valence-corrected chi connectivity index (χ0v) is 15.9. The van der Waals surface area contributed by atoms with E-state index in [0.29, 0.717) is 5.69 Å². The van der Waals surface area contributed by atoms with E-state index in [1.807, 2.05) is 36.4 Å². The van der Waals surface area contributed by atoms with E-state index in [1.54, 1.807) is 12.1 Å². The first-order chi connectivity index (χ1) is 14.1. The first kappa shape index (κ1) is 18.7. The number of carbonyl (C=O) groups excluding carboxylic acids is 1. The van der Waals surface area contributed by atoms with Crippen LogP contribution in [0.4, 0.5) is 10.5 Å². The molecule has 1 aliphatic rings. The number of fused-ring (bicyclic) bond motifs is 3. The molecule has 1 atom stereocenters. The van der Waals surface area contributed by atoms with Crippen LogP contribution in [0.15, 0.2) is 73.1 Å². The normalized spacial score (nSPS) is 13.3. The van der Waals surface area contributed by atoms with Gasteiger partial charge in [0.15, 0.2) is 0 Å². The van der Waals surface area contributed by atoms with Gasteiger partial charge in [-0.2, -0.15) is 0 Å². The number of carboxylic acid groups (broad SMARTS) is 1. The minimum atomic E-state index is -1.12. The van der Waals surface area contributed by atoms with Gasteiger partial charge in [0.1, 0.15) is 12.6 Å². The molecule has 0 saturated carbocycles. The lowest BCUT2D eigenvalue weighted by atomic mass is 9.98. The molecule has 0 spiro atoms. The standard InChI is InChI=1S/C23H20N2O4/c1-15(22(26)27)25(16-10-12-24-13-11-16)23(28)29-14-21-19-8-4-2-6-17(19)18-7-3-5-9-20(18)21/h2-13,15,21H,14H2,1H3,(H,26,27)/t15-/m0/s1. The fourth-order valence-electron chi connectivity index (χ4n) is 3.77. The number of amides is 1. The van der Waals surface area contributed by atoms with Crippen molar-refractivity contribution in [3.63, 3.8) is 0 Å². The Labute approximate surface area is 168 Å². The molecule has 1 heterocycles. The molecule has 2 aromatic carbocycles. The summed E-state index contributed by atoms with van der Waals surface area (Å²) in [7, 11) is 0. The van der Waals surface area contributed by atoms with Gasteiger partial charge in [0.25, 0.3) is 0 Å². The summed E-state index contributed by atoms with van der Waals surface area (Å²) in [5.74, 6) is -1.21. The quantitative estimate of drug-likeness (QED) is 0.704. The second-order valence-corrected chi connectivity index (χ2v) is 6.89. The molecule has 6 nitrogen and oxygen atoms in total. The fraction of sp³-hybridized carbons (Fsp3) is 0.174. The van der Waals surface area contributed by atoms with Gasteiger partial charge < -0.3 is 9.84 Å². The Kier molecular flexibility index (Phi) is 4.99. The molecule has 3 aromatic rings. The van der Waals surface area contributed by atoms with Crippen LogP contribution in [0, 0.1) is 0 Å². The highest BCUT2D eigenvalue weighted by Crippen LogP contribution is 2.44. The molecule has 29 heavy (non-hydrogen) atoms. The predicted molar refractivity (Wildman–Crippen MR) is 109 cm³/mol. The number of nitrogens with zero attached hydrogens (tertiary/aromatic N) is 2. The van der Waals surface area contributed by atoms with Crippen molar-refractivity contribution in [1.29, 1.82) is 0 Å². The maximum atomic E-state index is 12.9. The highest BCUT2D eigenvalue weighted by Gasteiger charge is 2.32. The molecule has 0 saturated heterocycles. The highest BCUT2D eigenvalue weighted by molar-refractivity contribution is 5.95. The number of aliphatic carboxylic acids is 1. The number of carboxylic acids is 1. The molecule has 6 heteroatoms. The Hall–Kier alpha value is -3.67. The van der Waals surface area contributed by atoms with Crippen molar-refractivity contribution in [2.45, 2.75) is 18.9 Å². The Balaban J connectivity index is 1.59. The predicted octanol–water partition coefficient (Wildman–Crippen LogP) is 4.31. The third-order valence-electron chi connectivity index (χ3n) is 5.22. The Bertz CT molecular complexity index is 1010. The molecule has 146 valence electrons. The van der Waals surface area contributed by atoms with Gasteiger partial charge in [-0.3, -0.25) is 9.88 Å². The summed E-state index contributed by atoms with van der Waals surface area (Å²) in [6.07, 6.45) is 2.31. The summed E-state index contributed by atoms with van der Waals surface area (Å²) in [4.78, 5) is 29.5. The summed E-state index contributed by atoms with van der Waals surface area (Å²) in [6, 6.07) is 18.2. The van der Waals surface area contributed by atoms with Crippen molar-refractivity contribution in [1.82, 2.24) is 4.98 Å². The number of aromatic nitrogens is 1. The van der Waals surface area contributed by atoms with Crippen LogP contribution in [0.3, 0.4) is 0 Å². The lowest BCUT2D eigenvalue weighted by Crippen LogP contribution is -2.44. The van der Waals surface area contributed by atoms with E-state index in [0.717, 1.165) is 27.2 Å². The number of anilines is 1. The van der Waals surface area contributed by atoms with Gasteiger partial charge in [-0.05, 0) is 41.3 Å². The Morgan fingerprint density at radius 3 is 2.10 bits per heavy atom. The lowest BCUT2D eigenvalue weighted by molar-refractivity contribution is -0.138. The number of hydrogen-bond donors (Lipinski definition) is 1. The molecule has 0 aliphatic heterocycles. The highest BCUT2D eigenvalue weighted by atomic mass is 16.6. The van der Waals surface area contributed by atoms with Crippen LogP contribution < -0.4 is 4.90 Å². The van der Waals surface area contributed by atoms with Crippen molar-refractivity contribution >= 4 is 17.7 Å². The van der Waals surface area contributed by atoms with Crippen molar-refractivity contribution in [3.8, 4) is 11.1 Å². The van der Waals surface area contributed by atoms with Crippen molar-refractivity contribution in [2.24, 2.45) is 0 Å². The van der Waals surface area contributed by atoms with E-state index in [-0.39, 0.29) is 12.5 Å². The molecule has 1 aromatic heterocycles. The lowest BCUT2D eigenvalue weighted by Gasteiger charge is -2.26. The van der Waals surface area contributed by atoms with Crippen LogP contribution in [0.5, 0.6) is 0 Å². The van der Waals surface area contributed by atoms with Gasteiger partial charge in [0.2, 0.25) is 0 Å². The molecule has 0 bridgehead atoms. The molecular weight excluding hydrogens is 368 g/mol. The summed E-state index contributed by atoms with van der Waals surface area (Å²) in [6.45, 7) is 1.57. The fourth-order valence-corrected chi connectivity index (χ4v) is 3.77. The summed E-state index contributed by atoms with van der Waals surface area (Å²) < 4.78 is 5.63. The van der Waals surface area contributed by atoms with Crippen LogP contribution in [0.1, 0.15) is 24.0 Å².